The maximum Gasteiger partial charge on any atom is 0.396 e. The van der Waals surface area contributed by atoms with E-state index in [1.54, 1.807) is 6.07 Å². The lowest BCUT2D eigenvalue weighted by atomic mass is 9.92. The van der Waals surface area contributed by atoms with Crippen LogP contribution in [0, 0.1) is 0 Å². The molecule has 0 fully saturated rings. The van der Waals surface area contributed by atoms with E-state index in [1.807, 2.05) is 27.7 Å². The van der Waals surface area contributed by atoms with Gasteiger partial charge >= 0.3 is 6.18 Å². The van der Waals surface area contributed by atoms with Crippen molar-refractivity contribution in [2.45, 2.75) is 45.7 Å². The van der Waals surface area contributed by atoms with Crippen LogP contribution in [0.15, 0.2) is 6.07 Å². The Balaban J connectivity index is 3.14. The minimum atomic E-state index is -4.29. The third-order valence-corrected chi connectivity index (χ3v) is 2.26. The van der Waals surface area contributed by atoms with Gasteiger partial charge in [0, 0.05) is 18.0 Å². The molecule has 0 atom stereocenters. The second-order valence-corrected chi connectivity index (χ2v) is 5.13. The maximum absolute atomic E-state index is 12.4. The normalized spacial score (nSPS) is 12.6. The Morgan fingerprint density at radius 1 is 1.17 bits per heavy atom. The second kappa shape index (κ2) is 5.12. The highest BCUT2D eigenvalue weighted by molar-refractivity contribution is 5.38. The van der Waals surface area contributed by atoms with Crippen LogP contribution in [0.25, 0.3) is 0 Å². The van der Waals surface area contributed by atoms with Crippen molar-refractivity contribution in [2.75, 3.05) is 11.9 Å². The molecular formula is C12H18F3N3. The van der Waals surface area contributed by atoms with Gasteiger partial charge in [0.05, 0.1) is 5.69 Å². The summed E-state index contributed by atoms with van der Waals surface area (Å²) in [5.74, 6) is 0.252. The third-order valence-electron chi connectivity index (χ3n) is 2.26. The van der Waals surface area contributed by atoms with E-state index in [9.17, 15) is 13.2 Å². The Labute approximate surface area is 105 Å². The fourth-order valence-corrected chi connectivity index (χ4v) is 1.41. The van der Waals surface area contributed by atoms with Crippen molar-refractivity contribution in [3.8, 4) is 0 Å². The smallest absolute Gasteiger partial charge is 0.370 e. The van der Waals surface area contributed by atoms with Gasteiger partial charge in [0.1, 0.15) is 18.1 Å². The Bertz CT molecular complexity index is 408. The quantitative estimate of drug-likeness (QED) is 0.907. The van der Waals surface area contributed by atoms with Crippen molar-refractivity contribution in [1.29, 1.82) is 0 Å². The summed E-state index contributed by atoms with van der Waals surface area (Å²) in [5, 5.41) is 2.93. The number of aromatic nitrogens is 2. The van der Waals surface area contributed by atoms with Gasteiger partial charge < -0.3 is 5.32 Å². The molecule has 0 aliphatic carbocycles. The summed E-state index contributed by atoms with van der Waals surface area (Å²) in [5.41, 5.74) is 0.292. The summed E-state index contributed by atoms with van der Waals surface area (Å²) >= 11 is 0. The van der Waals surface area contributed by atoms with Crippen LogP contribution in [0.1, 0.15) is 39.2 Å². The van der Waals surface area contributed by atoms with Crippen LogP contribution in [-0.2, 0) is 11.8 Å². The summed E-state index contributed by atoms with van der Waals surface area (Å²) in [6.07, 6.45) is -5.39. The average Bonchev–Trinajstić information content (AvgIpc) is 2.13. The predicted octanol–water partition coefficient (Wildman–Crippen LogP) is 3.31. The summed E-state index contributed by atoms with van der Waals surface area (Å²) in [6.45, 7) is 8.18. The van der Waals surface area contributed by atoms with E-state index in [2.05, 4.69) is 15.3 Å². The zero-order valence-corrected chi connectivity index (χ0v) is 11.0. The van der Waals surface area contributed by atoms with Crippen LogP contribution >= 0.6 is 0 Å². The zero-order chi connectivity index (χ0) is 14.0. The van der Waals surface area contributed by atoms with Gasteiger partial charge in [0.2, 0.25) is 0 Å². The Morgan fingerprint density at radius 3 is 2.22 bits per heavy atom. The fourth-order valence-electron chi connectivity index (χ4n) is 1.41. The van der Waals surface area contributed by atoms with Gasteiger partial charge in [-0.3, -0.25) is 0 Å². The highest BCUT2D eigenvalue weighted by atomic mass is 19.4. The average molecular weight is 261 g/mol. The Kier molecular flexibility index (Phi) is 4.19. The zero-order valence-electron chi connectivity index (χ0n) is 11.0. The monoisotopic (exact) mass is 261 g/mol. The van der Waals surface area contributed by atoms with E-state index in [0.717, 1.165) is 0 Å². The van der Waals surface area contributed by atoms with Crippen LogP contribution < -0.4 is 5.32 Å². The van der Waals surface area contributed by atoms with Gasteiger partial charge in [0.25, 0.3) is 0 Å². The molecule has 6 heteroatoms. The molecule has 102 valence electrons. The van der Waals surface area contributed by atoms with E-state index < -0.39 is 12.6 Å². The molecule has 0 aromatic carbocycles. The largest absolute Gasteiger partial charge is 0.396 e. The van der Waals surface area contributed by atoms with Crippen molar-refractivity contribution in [3.63, 3.8) is 0 Å². The molecule has 0 spiro atoms. The topological polar surface area (TPSA) is 37.8 Å². The minimum absolute atomic E-state index is 0.189. The standard InChI is InChI=1S/C12H18F3N3/c1-5-16-9-6-8(11(2,3)4)17-10(18-9)7-12(13,14)15/h6H,5,7H2,1-4H3,(H,16,17,18). The second-order valence-electron chi connectivity index (χ2n) is 5.13. The Hall–Kier alpha value is -1.33. The highest BCUT2D eigenvalue weighted by Gasteiger charge is 2.30. The van der Waals surface area contributed by atoms with E-state index in [1.165, 1.54) is 0 Å². The first-order valence-corrected chi connectivity index (χ1v) is 5.81. The van der Waals surface area contributed by atoms with Gasteiger partial charge in [-0.15, -0.1) is 0 Å². The molecule has 1 aromatic rings. The molecule has 0 saturated heterocycles. The van der Waals surface area contributed by atoms with Crippen molar-refractivity contribution >= 4 is 5.82 Å². The lowest BCUT2D eigenvalue weighted by Crippen LogP contribution is -2.20. The molecule has 0 amide bonds. The van der Waals surface area contributed by atoms with Crippen molar-refractivity contribution in [2.24, 2.45) is 0 Å². The molecule has 0 aliphatic rings. The van der Waals surface area contributed by atoms with E-state index >= 15 is 0 Å². The number of alkyl halides is 3. The first kappa shape index (κ1) is 14.7. The molecule has 1 rings (SSSR count). The lowest BCUT2D eigenvalue weighted by molar-refractivity contribution is -0.128. The van der Waals surface area contributed by atoms with Gasteiger partial charge in [-0.2, -0.15) is 13.2 Å². The van der Waals surface area contributed by atoms with Gasteiger partial charge in [-0.1, -0.05) is 20.8 Å². The van der Waals surface area contributed by atoms with E-state index in [-0.39, 0.29) is 11.2 Å². The lowest BCUT2D eigenvalue weighted by Gasteiger charge is -2.20. The number of halogens is 3. The van der Waals surface area contributed by atoms with Crippen molar-refractivity contribution in [3.05, 3.63) is 17.6 Å². The van der Waals surface area contributed by atoms with Crippen LogP contribution in [0.3, 0.4) is 0 Å². The maximum atomic E-state index is 12.4. The number of nitrogens with one attached hydrogen (secondary N) is 1. The predicted molar refractivity (Wildman–Crippen MR) is 64.7 cm³/mol. The van der Waals surface area contributed by atoms with Crippen molar-refractivity contribution in [1.82, 2.24) is 9.97 Å². The minimum Gasteiger partial charge on any atom is -0.370 e. The molecule has 0 radical (unpaired) electrons. The number of hydrogen-bond acceptors (Lipinski definition) is 3. The van der Waals surface area contributed by atoms with Gasteiger partial charge in [-0.05, 0) is 6.92 Å². The molecule has 18 heavy (non-hydrogen) atoms. The van der Waals surface area contributed by atoms with Crippen LogP contribution in [-0.4, -0.2) is 22.7 Å². The molecule has 3 nitrogen and oxygen atoms in total. The molecule has 0 unspecified atom stereocenters. The number of hydrogen-bond donors (Lipinski definition) is 1. The van der Waals surface area contributed by atoms with Crippen LogP contribution in [0.5, 0.6) is 0 Å². The first-order chi connectivity index (χ1) is 8.12. The van der Waals surface area contributed by atoms with Gasteiger partial charge in [0.15, 0.2) is 0 Å². The van der Waals surface area contributed by atoms with Crippen LogP contribution in [0.2, 0.25) is 0 Å². The first-order valence-electron chi connectivity index (χ1n) is 5.81. The summed E-state index contributed by atoms with van der Waals surface area (Å²) < 4.78 is 37.2. The summed E-state index contributed by atoms with van der Waals surface area (Å²) in [4.78, 5) is 7.88. The molecule has 0 bridgehead atoms. The number of rotatable bonds is 3. The molecule has 0 aliphatic heterocycles. The Morgan fingerprint density at radius 2 is 1.78 bits per heavy atom. The third kappa shape index (κ3) is 4.50. The summed E-state index contributed by atoms with van der Waals surface area (Å²) in [6, 6.07) is 1.70. The van der Waals surface area contributed by atoms with E-state index in [0.29, 0.717) is 18.1 Å². The van der Waals surface area contributed by atoms with Crippen molar-refractivity contribution < 1.29 is 13.2 Å². The molecule has 1 N–H and O–H groups in total. The van der Waals surface area contributed by atoms with Gasteiger partial charge in [-0.25, -0.2) is 9.97 Å². The number of nitrogens with zero attached hydrogens (tertiary/aromatic N) is 2. The fraction of sp³-hybridized carbons (Fsp3) is 0.667. The summed E-state index contributed by atoms with van der Waals surface area (Å²) in [7, 11) is 0. The SMILES string of the molecule is CCNc1cc(C(C)(C)C)nc(CC(F)(F)F)n1. The molecule has 1 heterocycles. The molecular weight excluding hydrogens is 243 g/mol. The van der Waals surface area contributed by atoms with Crippen LogP contribution in [0.4, 0.5) is 19.0 Å². The molecule has 0 saturated carbocycles. The molecule has 1 aromatic heterocycles. The van der Waals surface area contributed by atoms with E-state index in [4.69, 9.17) is 0 Å². The highest BCUT2D eigenvalue weighted by Crippen LogP contribution is 2.25. The number of anilines is 1.